The van der Waals surface area contributed by atoms with Gasteiger partial charge in [0.15, 0.2) is 0 Å². The molecule has 0 fully saturated rings. The fraction of sp³-hybridized carbons (Fsp3) is 0.316. The van der Waals surface area contributed by atoms with Crippen LogP contribution in [0.1, 0.15) is 43.7 Å². The molecule has 0 saturated heterocycles. The van der Waals surface area contributed by atoms with Crippen LogP contribution < -0.4 is 0 Å². The van der Waals surface area contributed by atoms with Crippen LogP contribution in [-0.4, -0.2) is 5.71 Å². The molecule has 0 aromatic heterocycles. The maximum absolute atomic E-state index is 5.24. The summed E-state index contributed by atoms with van der Waals surface area (Å²) in [6.07, 6.45) is 12.1. The van der Waals surface area contributed by atoms with E-state index in [0.717, 1.165) is 49.1 Å². The highest BCUT2D eigenvalue weighted by molar-refractivity contribution is 5.97. The predicted molar refractivity (Wildman–Crippen MR) is 89.8 cm³/mol. The summed E-state index contributed by atoms with van der Waals surface area (Å²) >= 11 is 0. The molecule has 0 atom stereocenters. The number of nitrogens with zero attached hydrogens (tertiary/aromatic N) is 1. The Hall–Kier alpha value is -2.07. The average molecular weight is 265 g/mol. The minimum Gasteiger partial charge on any atom is -0.254 e. The van der Waals surface area contributed by atoms with Crippen molar-refractivity contribution in [1.82, 2.24) is 0 Å². The maximum Gasteiger partial charge on any atom is 0.0633 e. The van der Waals surface area contributed by atoms with Gasteiger partial charge in [0.1, 0.15) is 0 Å². The first kappa shape index (κ1) is 16.0. The fourth-order valence-corrected chi connectivity index (χ4v) is 1.93. The van der Waals surface area contributed by atoms with Gasteiger partial charge in [0.25, 0.3) is 0 Å². The van der Waals surface area contributed by atoms with E-state index in [0.29, 0.717) is 0 Å². The third kappa shape index (κ3) is 5.28. The first-order valence-corrected chi connectivity index (χ1v) is 7.13. The summed E-state index contributed by atoms with van der Waals surface area (Å²) in [6.45, 7) is 9.84. The molecule has 0 spiro atoms. The summed E-state index contributed by atoms with van der Waals surface area (Å²) < 4.78 is 0. The van der Waals surface area contributed by atoms with E-state index in [9.17, 15) is 0 Å². The van der Waals surface area contributed by atoms with E-state index >= 15 is 0 Å². The number of hydrogen-bond acceptors (Lipinski definition) is 1. The lowest BCUT2D eigenvalue weighted by Gasteiger charge is -2.05. The minimum absolute atomic E-state index is 0.792. The van der Waals surface area contributed by atoms with Gasteiger partial charge in [-0.3, -0.25) is 4.99 Å². The lowest BCUT2D eigenvalue weighted by atomic mass is 10.0. The summed E-state index contributed by atoms with van der Waals surface area (Å²) in [6, 6.07) is 8.45. The molecule has 0 bridgehead atoms. The normalized spacial score (nSPS) is 10.9. The van der Waals surface area contributed by atoms with Crippen molar-refractivity contribution in [3.8, 4) is 12.3 Å². The van der Waals surface area contributed by atoms with Gasteiger partial charge in [0, 0.05) is 12.1 Å². The highest BCUT2D eigenvalue weighted by Gasteiger charge is 1.99. The van der Waals surface area contributed by atoms with E-state index in [1.165, 1.54) is 5.56 Å². The van der Waals surface area contributed by atoms with Gasteiger partial charge in [-0.2, -0.15) is 0 Å². The molecule has 1 nitrogen and oxygen atoms in total. The molecule has 0 N–H and O–H groups in total. The average Bonchev–Trinajstić information content (AvgIpc) is 2.49. The Labute approximate surface area is 123 Å². The molecule has 104 valence electrons. The van der Waals surface area contributed by atoms with Crippen LogP contribution in [0.3, 0.4) is 0 Å². The van der Waals surface area contributed by atoms with Crippen molar-refractivity contribution in [2.45, 2.75) is 39.0 Å². The van der Waals surface area contributed by atoms with Crippen LogP contribution in [0, 0.1) is 12.3 Å². The molecule has 0 unspecified atom stereocenters. The van der Waals surface area contributed by atoms with Crippen LogP contribution in [0.15, 0.2) is 48.5 Å². The van der Waals surface area contributed by atoms with Crippen LogP contribution in [-0.2, 0) is 6.42 Å². The molecule has 1 aromatic rings. The molecular weight excluding hydrogens is 242 g/mol. The number of aliphatic imine (C=N–C) groups is 1. The summed E-state index contributed by atoms with van der Waals surface area (Å²) in [4.78, 5) is 4.48. The largest absolute Gasteiger partial charge is 0.254 e. The first-order valence-electron chi connectivity index (χ1n) is 7.13. The van der Waals surface area contributed by atoms with Gasteiger partial charge < -0.3 is 0 Å². The monoisotopic (exact) mass is 265 g/mol. The lowest BCUT2D eigenvalue weighted by Crippen LogP contribution is -1.91. The Bertz CT molecular complexity index is 512. The van der Waals surface area contributed by atoms with Crippen LogP contribution in [0.5, 0.6) is 0 Å². The number of unbranched alkanes of at least 4 members (excludes halogenated alkanes) is 2. The molecule has 0 radical (unpaired) electrons. The smallest absolute Gasteiger partial charge is 0.0633 e. The zero-order chi connectivity index (χ0) is 14.8. The Kier molecular flexibility index (Phi) is 7.14. The van der Waals surface area contributed by atoms with E-state index in [4.69, 9.17) is 6.42 Å². The highest BCUT2D eigenvalue weighted by atomic mass is 14.7. The van der Waals surface area contributed by atoms with Crippen molar-refractivity contribution in [3.63, 3.8) is 0 Å². The molecule has 0 amide bonds. The zero-order valence-electron chi connectivity index (χ0n) is 12.4. The number of allylic oxidation sites excluding steroid dienone is 1. The van der Waals surface area contributed by atoms with Gasteiger partial charge in [-0.1, -0.05) is 44.3 Å². The van der Waals surface area contributed by atoms with Gasteiger partial charge in [-0.25, -0.2) is 0 Å². The van der Waals surface area contributed by atoms with Gasteiger partial charge in [-0.05, 0) is 42.9 Å². The summed E-state index contributed by atoms with van der Waals surface area (Å²) in [5.41, 5.74) is 4.15. The van der Waals surface area contributed by atoms with Crippen molar-refractivity contribution in [1.29, 1.82) is 0 Å². The summed E-state index contributed by atoms with van der Waals surface area (Å²) in [7, 11) is 0. The first-order chi connectivity index (χ1) is 9.71. The van der Waals surface area contributed by atoms with Gasteiger partial charge in [0.2, 0.25) is 0 Å². The molecule has 1 rings (SSSR count). The van der Waals surface area contributed by atoms with Crippen molar-refractivity contribution in [3.05, 3.63) is 54.6 Å². The summed E-state index contributed by atoms with van der Waals surface area (Å²) in [5.74, 6) is 2.67. The number of benzene rings is 1. The topological polar surface area (TPSA) is 12.4 Å². The standard InChI is InChI=1S/C19H23N/c1-5-8-9-10-11-17-12-14-18(15-13-17)16(4)20-19(6-2)7-3/h1,6,12-15H,2,4,7-11H2,3H3/b20-19+. The van der Waals surface area contributed by atoms with E-state index in [1.807, 2.05) is 0 Å². The second kappa shape index (κ2) is 8.93. The van der Waals surface area contributed by atoms with Gasteiger partial charge in [-0.15, -0.1) is 12.3 Å². The third-order valence-electron chi connectivity index (χ3n) is 3.20. The molecule has 0 aliphatic carbocycles. The highest BCUT2D eigenvalue weighted by Crippen LogP contribution is 2.16. The van der Waals surface area contributed by atoms with Crippen molar-refractivity contribution in [2.75, 3.05) is 0 Å². The second-order valence-electron chi connectivity index (χ2n) is 4.72. The molecule has 0 saturated carbocycles. The third-order valence-corrected chi connectivity index (χ3v) is 3.20. The van der Waals surface area contributed by atoms with Crippen molar-refractivity contribution < 1.29 is 0 Å². The van der Waals surface area contributed by atoms with Crippen LogP contribution in [0.2, 0.25) is 0 Å². The molecule has 20 heavy (non-hydrogen) atoms. The quantitative estimate of drug-likeness (QED) is 0.355. The van der Waals surface area contributed by atoms with Gasteiger partial charge >= 0.3 is 0 Å². The molecule has 0 heterocycles. The fourth-order valence-electron chi connectivity index (χ4n) is 1.93. The lowest BCUT2D eigenvalue weighted by molar-refractivity contribution is 0.757. The minimum atomic E-state index is 0.792. The number of hydrogen-bond donors (Lipinski definition) is 0. The molecule has 0 aliphatic heterocycles. The van der Waals surface area contributed by atoms with E-state index < -0.39 is 0 Å². The Morgan fingerprint density at radius 2 is 2.00 bits per heavy atom. The van der Waals surface area contributed by atoms with Crippen molar-refractivity contribution in [2.24, 2.45) is 4.99 Å². The van der Waals surface area contributed by atoms with Crippen LogP contribution in [0.25, 0.3) is 5.70 Å². The van der Waals surface area contributed by atoms with E-state index in [2.05, 4.69) is 55.3 Å². The van der Waals surface area contributed by atoms with E-state index in [1.54, 1.807) is 6.08 Å². The molecule has 0 aliphatic rings. The predicted octanol–water partition coefficient (Wildman–Crippen LogP) is 5.04. The van der Waals surface area contributed by atoms with Crippen LogP contribution >= 0.6 is 0 Å². The van der Waals surface area contributed by atoms with Gasteiger partial charge in [0.05, 0.1) is 5.70 Å². The zero-order valence-corrected chi connectivity index (χ0v) is 12.4. The maximum atomic E-state index is 5.24. The SMILES string of the molecule is C#CCCCCc1ccc(C(=C)/N=C(\C=C)CC)cc1. The van der Waals surface area contributed by atoms with Crippen LogP contribution in [0.4, 0.5) is 0 Å². The van der Waals surface area contributed by atoms with E-state index in [-0.39, 0.29) is 0 Å². The van der Waals surface area contributed by atoms with Crippen molar-refractivity contribution >= 4 is 11.4 Å². The molecular formula is C19H23N. The number of rotatable bonds is 8. The Balaban J connectivity index is 2.62. The summed E-state index contributed by atoms with van der Waals surface area (Å²) in [5, 5.41) is 0. The molecule has 1 heteroatoms. The second-order valence-corrected chi connectivity index (χ2v) is 4.72. The Morgan fingerprint density at radius 3 is 2.55 bits per heavy atom. The Morgan fingerprint density at radius 1 is 1.30 bits per heavy atom. The number of aryl methyl sites for hydroxylation is 1. The molecule has 1 aromatic carbocycles. The number of terminal acetylenes is 1.